The number of rotatable bonds is 4. The van der Waals surface area contributed by atoms with E-state index >= 15 is 0 Å². The number of esters is 1. The molecule has 1 aliphatic rings. The molecule has 1 aliphatic heterocycles. The largest absolute Gasteiger partial charge is 0.469 e. The summed E-state index contributed by atoms with van der Waals surface area (Å²) in [6.45, 7) is 1.76. The van der Waals surface area contributed by atoms with Crippen molar-refractivity contribution in [3.63, 3.8) is 0 Å². The third-order valence-electron chi connectivity index (χ3n) is 4.03. The molecule has 2 amide bonds. The van der Waals surface area contributed by atoms with Crippen molar-refractivity contribution in [3.8, 4) is 0 Å². The van der Waals surface area contributed by atoms with E-state index in [2.05, 4.69) is 10.6 Å². The molecule has 6 heteroatoms. The van der Waals surface area contributed by atoms with Crippen LogP contribution in [0.3, 0.4) is 0 Å². The van der Waals surface area contributed by atoms with Gasteiger partial charge in [-0.25, -0.2) is 0 Å². The number of anilines is 1. The molecular formula is C17H22N2O4. The maximum absolute atomic E-state index is 12.2. The van der Waals surface area contributed by atoms with Crippen molar-refractivity contribution in [2.45, 2.75) is 44.6 Å². The van der Waals surface area contributed by atoms with Gasteiger partial charge in [-0.2, -0.15) is 0 Å². The third kappa shape index (κ3) is 4.55. The van der Waals surface area contributed by atoms with E-state index in [9.17, 15) is 14.4 Å². The first-order valence-corrected chi connectivity index (χ1v) is 7.79. The molecular weight excluding hydrogens is 296 g/mol. The van der Waals surface area contributed by atoms with E-state index in [0.29, 0.717) is 18.5 Å². The average Bonchev–Trinajstić information content (AvgIpc) is 2.78. The van der Waals surface area contributed by atoms with E-state index in [0.717, 1.165) is 18.4 Å². The molecule has 2 N–H and O–H groups in total. The number of carbonyl (C=O) groups is 3. The van der Waals surface area contributed by atoms with Crippen molar-refractivity contribution >= 4 is 23.5 Å². The Hall–Kier alpha value is -2.37. The van der Waals surface area contributed by atoms with Crippen LogP contribution in [0.25, 0.3) is 0 Å². The predicted octanol–water partition coefficient (Wildman–Crippen LogP) is 1.96. The minimum atomic E-state index is -0.487. The van der Waals surface area contributed by atoms with Gasteiger partial charge in [-0.05, 0) is 37.5 Å². The molecule has 1 aromatic carbocycles. The average molecular weight is 318 g/mol. The maximum Gasteiger partial charge on any atom is 0.312 e. The Morgan fingerprint density at radius 3 is 2.61 bits per heavy atom. The Balaban J connectivity index is 1.98. The quantitative estimate of drug-likeness (QED) is 0.831. The van der Waals surface area contributed by atoms with E-state index in [4.69, 9.17) is 4.74 Å². The van der Waals surface area contributed by atoms with Gasteiger partial charge in [0.05, 0.1) is 13.0 Å². The topological polar surface area (TPSA) is 84.5 Å². The number of hydrogen-bond acceptors (Lipinski definition) is 4. The number of ether oxygens (including phenoxy) is 1. The second-order valence-corrected chi connectivity index (χ2v) is 5.72. The summed E-state index contributed by atoms with van der Waals surface area (Å²) in [6, 6.07) is 6.56. The van der Waals surface area contributed by atoms with Crippen LogP contribution in [0.15, 0.2) is 24.3 Å². The van der Waals surface area contributed by atoms with Crippen molar-refractivity contribution in [2.24, 2.45) is 0 Å². The highest BCUT2D eigenvalue weighted by Gasteiger charge is 2.23. The van der Waals surface area contributed by atoms with Crippen LogP contribution in [0.2, 0.25) is 0 Å². The Morgan fingerprint density at radius 1 is 1.26 bits per heavy atom. The molecule has 1 saturated heterocycles. The zero-order valence-corrected chi connectivity index (χ0v) is 13.4. The Kier molecular flexibility index (Phi) is 5.73. The summed E-state index contributed by atoms with van der Waals surface area (Å²) in [5.74, 6) is -0.951. The lowest BCUT2D eigenvalue weighted by Crippen LogP contribution is -2.42. The lowest BCUT2D eigenvalue weighted by molar-refractivity contribution is -0.142. The highest BCUT2D eigenvalue weighted by molar-refractivity contribution is 5.97. The van der Waals surface area contributed by atoms with Gasteiger partial charge in [-0.15, -0.1) is 0 Å². The van der Waals surface area contributed by atoms with E-state index in [1.165, 1.54) is 7.11 Å². The summed E-state index contributed by atoms with van der Waals surface area (Å²) in [4.78, 5) is 35.3. The van der Waals surface area contributed by atoms with E-state index in [1.54, 1.807) is 31.2 Å². The second kappa shape index (κ2) is 7.76. The summed E-state index contributed by atoms with van der Waals surface area (Å²) < 4.78 is 4.71. The summed E-state index contributed by atoms with van der Waals surface area (Å²) in [7, 11) is 1.36. The Labute approximate surface area is 135 Å². The first-order chi connectivity index (χ1) is 11.0. The molecule has 2 rings (SSSR count). The summed E-state index contributed by atoms with van der Waals surface area (Å²) >= 11 is 0. The summed E-state index contributed by atoms with van der Waals surface area (Å²) in [5.41, 5.74) is 1.45. The minimum Gasteiger partial charge on any atom is -0.469 e. The number of benzene rings is 1. The highest BCUT2D eigenvalue weighted by atomic mass is 16.5. The van der Waals surface area contributed by atoms with Crippen molar-refractivity contribution < 1.29 is 19.1 Å². The summed E-state index contributed by atoms with van der Waals surface area (Å²) in [6.07, 6.45) is 2.79. The molecule has 0 bridgehead atoms. The normalized spacial score (nSPS) is 19.2. The van der Waals surface area contributed by atoms with Crippen molar-refractivity contribution in [3.05, 3.63) is 29.8 Å². The number of methoxy groups -OCH3 is 1. The van der Waals surface area contributed by atoms with Crippen LogP contribution in [0.1, 0.15) is 44.1 Å². The van der Waals surface area contributed by atoms with Crippen LogP contribution < -0.4 is 10.6 Å². The van der Waals surface area contributed by atoms with Gasteiger partial charge in [0.2, 0.25) is 11.8 Å². The molecule has 1 heterocycles. The van der Waals surface area contributed by atoms with Crippen molar-refractivity contribution in [2.75, 3.05) is 12.4 Å². The monoisotopic (exact) mass is 318 g/mol. The molecule has 0 aromatic heterocycles. The molecule has 0 radical (unpaired) electrons. The van der Waals surface area contributed by atoms with Gasteiger partial charge in [0.1, 0.15) is 6.04 Å². The van der Waals surface area contributed by atoms with Gasteiger partial charge in [-0.1, -0.05) is 18.6 Å². The SMILES string of the molecule is COC(=O)C(C)c1ccc(NC(=O)C2CCCCC(=O)N2)cc1. The molecule has 0 aliphatic carbocycles. The fourth-order valence-corrected chi connectivity index (χ4v) is 2.57. The van der Waals surface area contributed by atoms with E-state index in [-0.39, 0.29) is 23.7 Å². The smallest absolute Gasteiger partial charge is 0.312 e. The van der Waals surface area contributed by atoms with Gasteiger partial charge in [0, 0.05) is 12.1 Å². The molecule has 1 aromatic rings. The Bertz CT molecular complexity index is 583. The molecule has 2 atom stereocenters. The Morgan fingerprint density at radius 2 is 1.96 bits per heavy atom. The standard InChI is InChI=1S/C17H22N2O4/c1-11(17(22)23-2)12-7-9-13(10-8-12)18-16(21)14-5-3-4-6-15(20)19-14/h7-11,14H,3-6H2,1-2H3,(H,18,21)(H,19,20). The predicted molar refractivity (Wildman–Crippen MR) is 85.9 cm³/mol. The third-order valence-corrected chi connectivity index (χ3v) is 4.03. The first-order valence-electron chi connectivity index (χ1n) is 7.79. The number of amides is 2. The fourth-order valence-electron chi connectivity index (χ4n) is 2.57. The lowest BCUT2D eigenvalue weighted by atomic mass is 10.0. The van der Waals surface area contributed by atoms with Crippen LogP contribution in [0.4, 0.5) is 5.69 Å². The molecule has 124 valence electrons. The van der Waals surface area contributed by atoms with Gasteiger partial charge in [0.15, 0.2) is 0 Å². The van der Waals surface area contributed by atoms with Crippen molar-refractivity contribution in [1.82, 2.24) is 5.32 Å². The molecule has 0 spiro atoms. The van der Waals surface area contributed by atoms with Crippen LogP contribution in [0, 0.1) is 0 Å². The zero-order chi connectivity index (χ0) is 16.8. The van der Waals surface area contributed by atoms with Crippen molar-refractivity contribution in [1.29, 1.82) is 0 Å². The molecule has 2 unspecified atom stereocenters. The second-order valence-electron chi connectivity index (χ2n) is 5.72. The minimum absolute atomic E-state index is 0.0788. The molecule has 23 heavy (non-hydrogen) atoms. The number of hydrogen-bond donors (Lipinski definition) is 2. The van der Waals surface area contributed by atoms with Crippen LogP contribution in [-0.4, -0.2) is 30.9 Å². The lowest BCUT2D eigenvalue weighted by Gasteiger charge is -2.16. The molecule has 1 fully saturated rings. The van der Waals surface area contributed by atoms with Gasteiger partial charge >= 0.3 is 5.97 Å². The van der Waals surface area contributed by atoms with Gasteiger partial charge < -0.3 is 15.4 Å². The van der Waals surface area contributed by atoms with Crippen LogP contribution in [0.5, 0.6) is 0 Å². The summed E-state index contributed by atoms with van der Waals surface area (Å²) in [5, 5.41) is 5.54. The van der Waals surface area contributed by atoms with Crippen LogP contribution in [-0.2, 0) is 19.1 Å². The van der Waals surface area contributed by atoms with E-state index in [1.807, 2.05) is 0 Å². The van der Waals surface area contributed by atoms with E-state index < -0.39 is 6.04 Å². The van der Waals surface area contributed by atoms with Gasteiger partial charge in [-0.3, -0.25) is 14.4 Å². The maximum atomic E-state index is 12.2. The highest BCUT2D eigenvalue weighted by Crippen LogP contribution is 2.19. The molecule has 6 nitrogen and oxygen atoms in total. The fraction of sp³-hybridized carbons (Fsp3) is 0.471. The molecule has 0 saturated carbocycles. The zero-order valence-electron chi connectivity index (χ0n) is 13.4. The first kappa shape index (κ1) is 17.0. The van der Waals surface area contributed by atoms with Crippen LogP contribution >= 0.6 is 0 Å². The number of nitrogens with one attached hydrogen (secondary N) is 2. The van der Waals surface area contributed by atoms with Gasteiger partial charge in [0.25, 0.3) is 0 Å². The number of carbonyl (C=O) groups excluding carboxylic acids is 3.